The van der Waals surface area contributed by atoms with Crippen molar-refractivity contribution in [1.82, 2.24) is 19.5 Å². The molecule has 0 saturated carbocycles. The van der Waals surface area contributed by atoms with E-state index in [0.717, 1.165) is 60.7 Å². The summed E-state index contributed by atoms with van der Waals surface area (Å²) >= 11 is 1.79. The molecule has 7 aromatic carbocycles. The summed E-state index contributed by atoms with van der Waals surface area (Å²) in [5.74, 6) is 1.78. The van der Waals surface area contributed by atoms with Gasteiger partial charge in [0, 0.05) is 58.5 Å². The molecule has 0 aliphatic heterocycles. The minimum absolute atomic E-state index is 0.565. The van der Waals surface area contributed by atoms with Crippen molar-refractivity contribution in [1.29, 1.82) is 0 Å². The number of nitrogens with zero attached hydrogens (tertiary/aromatic N) is 4. The molecule has 238 valence electrons. The number of benzene rings is 7. The van der Waals surface area contributed by atoms with Gasteiger partial charge in [-0.25, -0.2) is 15.0 Å². The van der Waals surface area contributed by atoms with Crippen molar-refractivity contribution < 1.29 is 4.42 Å². The molecule has 11 aromatic rings. The van der Waals surface area contributed by atoms with Crippen molar-refractivity contribution in [3.05, 3.63) is 158 Å². The van der Waals surface area contributed by atoms with Gasteiger partial charge in [-0.05, 0) is 48.5 Å². The molecular weight excluding hydrogens is 645 g/mol. The summed E-state index contributed by atoms with van der Waals surface area (Å²) in [6.07, 6.45) is 0. The van der Waals surface area contributed by atoms with E-state index >= 15 is 0 Å². The van der Waals surface area contributed by atoms with Crippen LogP contribution in [-0.2, 0) is 0 Å². The van der Waals surface area contributed by atoms with Crippen LogP contribution in [0.1, 0.15) is 0 Å². The van der Waals surface area contributed by atoms with Crippen molar-refractivity contribution in [3.63, 3.8) is 0 Å². The Labute approximate surface area is 295 Å². The lowest BCUT2D eigenvalue weighted by Crippen LogP contribution is -2.02. The number of hydrogen-bond donors (Lipinski definition) is 0. The lowest BCUT2D eigenvalue weighted by Gasteiger charge is -2.13. The van der Waals surface area contributed by atoms with Gasteiger partial charge in [-0.3, -0.25) is 0 Å². The van der Waals surface area contributed by atoms with Gasteiger partial charge in [-0.1, -0.05) is 109 Å². The highest BCUT2D eigenvalue weighted by molar-refractivity contribution is 7.25. The van der Waals surface area contributed by atoms with E-state index < -0.39 is 0 Å². The molecule has 0 aliphatic rings. The van der Waals surface area contributed by atoms with E-state index in [9.17, 15) is 0 Å². The lowest BCUT2D eigenvalue weighted by molar-refractivity contribution is 0.669. The number of aromatic nitrogens is 4. The Balaban J connectivity index is 1.22. The summed E-state index contributed by atoms with van der Waals surface area (Å²) in [6, 6.07) is 54.9. The molecule has 0 saturated heterocycles. The molecule has 0 N–H and O–H groups in total. The van der Waals surface area contributed by atoms with Gasteiger partial charge in [-0.15, -0.1) is 11.3 Å². The molecule has 4 aromatic heterocycles. The smallest absolute Gasteiger partial charge is 0.167 e. The first-order valence-electron chi connectivity index (χ1n) is 16.9. The van der Waals surface area contributed by atoms with E-state index in [1.165, 1.54) is 25.6 Å². The van der Waals surface area contributed by atoms with Crippen molar-refractivity contribution in [2.45, 2.75) is 0 Å². The number of rotatable bonds is 4. The maximum Gasteiger partial charge on any atom is 0.167 e. The van der Waals surface area contributed by atoms with Crippen LogP contribution in [0.25, 0.3) is 104 Å². The van der Waals surface area contributed by atoms with Crippen LogP contribution in [0.5, 0.6) is 0 Å². The Bertz CT molecular complexity index is 3150. The third-order valence-electron chi connectivity index (χ3n) is 9.87. The molecule has 0 aliphatic carbocycles. The zero-order chi connectivity index (χ0) is 33.5. The van der Waals surface area contributed by atoms with Crippen LogP contribution in [0.15, 0.2) is 162 Å². The van der Waals surface area contributed by atoms with Gasteiger partial charge in [0.1, 0.15) is 11.2 Å². The number of hydrogen-bond acceptors (Lipinski definition) is 5. The molecular formula is C45H26N4OS. The zero-order valence-electron chi connectivity index (χ0n) is 27.1. The fraction of sp³-hybridized carbons (Fsp3) is 0. The molecule has 0 unspecified atom stereocenters. The molecule has 0 bridgehead atoms. The Kier molecular flexibility index (Phi) is 6.05. The van der Waals surface area contributed by atoms with Crippen LogP contribution in [0, 0.1) is 0 Å². The lowest BCUT2D eigenvalue weighted by atomic mass is 10.1. The average Bonchev–Trinajstić information content (AvgIpc) is 3.87. The van der Waals surface area contributed by atoms with Crippen LogP contribution < -0.4 is 0 Å². The maximum atomic E-state index is 6.50. The highest BCUT2D eigenvalue weighted by atomic mass is 32.1. The summed E-state index contributed by atoms with van der Waals surface area (Å²) in [4.78, 5) is 15.8. The largest absolute Gasteiger partial charge is 0.455 e. The van der Waals surface area contributed by atoms with Crippen LogP contribution >= 0.6 is 11.3 Å². The molecule has 0 radical (unpaired) electrons. The second-order valence-corrected chi connectivity index (χ2v) is 13.9. The Morgan fingerprint density at radius 1 is 0.451 bits per heavy atom. The van der Waals surface area contributed by atoms with Crippen LogP contribution in [0.2, 0.25) is 0 Å². The van der Waals surface area contributed by atoms with Crippen LogP contribution in [0.4, 0.5) is 0 Å². The molecule has 0 amide bonds. The minimum atomic E-state index is 0.565. The van der Waals surface area contributed by atoms with Crippen LogP contribution in [0.3, 0.4) is 0 Å². The highest BCUT2D eigenvalue weighted by Crippen LogP contribution is 2.41. The molecule has 5 nitrogen and oxygen atoms in total. The first kappa shape index (κ1) is 28.2. The van der Waals surface area contributed by atoms with Gasteiger partial charge < -0.3 is 8.98 Å². The summed E-state index contributed by atoms with van der Waals surface area (Å²) < 4.78 is 11.3. The maximum absolute atomic E-state index is 6.50. The van der Waals surface area contributed by atoms with E-state index in [2.05, 4.69) is 138 Å². The van der Waals surface area contributed by atoms with E-state index in [1.54, 1.807) is 11.3 Å². The molecule has 11 rings (SSSR count). The first-order valence-corrected chi connectivity index (χ1v) is 17.8. The Morgan fingerprint density at radius 3 is 1.98 bits per heavy atom. The monoisotopic (exact) mass is 670 g/mol. The zero-order valence-corrected chi connectivity index (χ0v) is 27.9. The van der Waals surface area contributed by atoms with Gasteiger partial charge in [0.25, 0.3) is 0 Å². The molecule has 6 heteroatoms. The standard InChI is InChI=1S/C45H26N4OS/c1-2-12-28(13-3-1)49-37-21-7-4-14-29(37)33-17-10-19-35(41(33)49)44-46-43(27-24-25-32-31-16-6-9-23-39(31)51-40(32)26-27)47-45(48-44)36-20-11-18-34-30-15-5-8-22-38(30)50-42(34)36/h1-26H. The van der Waals surface area contributed by atoms with Gasteiger partial charge >= 0.3 is 0 Å². The third kappa shape index (κ3) is 4.30. The van der Waals surface area contributed by atoms with Gasteiger partial charge in [0.15, 0.2) is 17.5 Å². The fourth-order valence-corrected chi connectivity index (χ4v) is 8.72. The molecule has 0 fully saturated rings. The second kappa shape index (κ2) is 10.9. The Hall–Kier alpha value is -6.63. The molecule has 0 atom stereocenters. The first-order chi connectivity index (χ1) is 25.3. The van der Waals surface area contributed by atoms with Gasteiger partial charge in [0.05, 0.1) is 16.6 Å². The number of fused-ring (bicyclic) bond motifs is 9. The molecule has 0 spiro atoms. The van der Waals surface area contributed by atoms with E-state index in [-0.39, 0.29) is 0 Å². The summed E-state index contributed by atoms with van der Waals surface area (Å²) in [5.41, 5.74) is 7.54. The van der Waals surface area contributed by atoms with Gasteiger partial charge in [0.2, 0.25) is 0 Å². The van der Waals surface area contributed by atoms with E-state index in [0.29, 0.717) is 17.5 Å². The van der Waals surface area contributed by atoms with Crippen molar-refractivity contribution in [2.75, 3.05) is 0 Å². The number of furan rings is 1. The predicted molar refractivity (Wildman–Crippen MR) is 211 cm³/mol. The van der Waals surface area contributed by atoms with Crippen molar-refractivity contribution >= 4 is 75.3 Å². The minimum Gasteiger partial charge on any atom is -0.455 e. The van der Waals surface area contributed by atoms with E-state index in [4.69, 9.17) is 19.4 Å². The SMILES string of the molecule is c1ccc(-n2c3ccccc3c3cccc(-c4nc(-c5ccc6c(c5)sc5ccccc56)nc(-c5cccc6c5oc5ccccc56)n4)c32)cc1. The van der Waals surface area contributed by atoms with Crippen molar-refractivity contribution in [3.8, 4) is 39.9 Å². The van der Waals surface area contributed by atoms with Gasteiger partial charge in [-0.2, -0.15) is 0 Å². The van der Waals surface area contributed by atoms with Crippen LogP contribution in [-0.4, -0.2) is 19.5 Å². The topological polar surface area (TPSA) is 56.7 Å². The Morgan fingerprint density at radius 2 is 1.10 bits per heavy atom. The predicted octanol–water partition coefficient (Wildman–Crippen LogP) is 12.2. The summed E-state index contributed by atoms with van der Waals surface area (Å²) in [5, 5.41) is 6.91. The summed E-state index contributed by atoms with van der Waals surface area (Å²) in [7, 11) is 0. The number of thiophene rings is 1. The quantitative estimate of drug-likeness (QED) is 0.187. The molecule has 4 heterocycles. The fourth-order valence-electron chi connectivity index (χ4n) is 7.58. The highest BCUT2D eigenvalue weighted by Gasteiger charge is 2.22. The average molecular weight is 671 g/mol. The molecule has 51 heavy (non-hydrogen) atoms. The number of para-hydroxylation sites is 5. The normalized spacial score (nSPS) is 11.9. The third-order valence-corrected chi connectivity index (χ3v) is 11.0. The van der Waals surface area contributed by atoms with E-state index in [1.807, 2.05) is 24.3 Å². The second-order valence-electron chi connectivity index (χ2n) is 12.8. The summed E-state index contributed by atoms with van der Waals surface area (Å²) in [6.45, 7) is 0. The van der Waals surface area contributed by atoms with Crippen molar-refractivity contribution in [2.24, 2.45) is 0 Å².